The van der Waals surface area contributed by atoms with Crippen molar-refractivity contribution in [1.82, 2.24) is 10.9 Å². The van der Waals surface area contributed by atoms with Gasteiger partial charge in [-0.25, -0.2) is 15.6 Å². The maximum atomic E-state index is 12.4. The summed E-state index contributed by atoms with van der Waals surface area (Å²) in [4.78, 5) is 17.9. The molecule has 0 saturated carbocycles. The molecule has 3 heterocycles. The number of hydrazine groups is 1. The highest BCUT2D eigenvalue weighted by atomic mass is 35.5. The van der Waals surface area contributed by atoms with Gasteiger partial charge >= 0.3 is 5.97 Å². The number of allylic oxidation sites excluding steroid dienone is 1. The Morgan fingerprint density at radius 1 is 1.30 bits per heavy atom. The smallest absolute Gasteiger partial charge is 0.330 e. The van der Waals surface area contributed by atoms with Crippen LogP contribution in [0.25, 0.3) is 6.08 Å². The van der Waals surface area contributed by atoms with Gasteiger partial charge in [0.25, 0.3) is 5.00 Å². The van der Waals surface area contributed by atoms with Crippen molar-refractivity contribution in [3.05, 3.63) is 51.4 Å². The van der Waals surface area contributed by atoms with Crippen molar-refractivity contribution in [2.45, 2.75) is 25.2 Å². The van der Waals surface area contributed by atoms with Crippen molar-refractivity contribution in [2.75, 3.05) is 16.5 Å². The van der Waals surface area contributed by atoms with E-state index in [9.17, 15) is 9.90 Å². The van der Waals surface area contributed by atoms with Crippen LogP contribution in [0.1, 0.15) is 16.0 Å². The zero-order valence-corrected chi connectivity index (χ0v) is 16.3. The monoisotopic (exact) mass is 403 g/mol. The number of carboxylic acids is 1. The Bertz CT molecular complexity index is 973. The first-order valence-corrected chi connectivity index (χ1v) is 10.9. The van der Waals surface area contributed by atoms with E-state index in [1.165, 1.54) is 21.0 Å². The molecule has 1 saturated heterocycles. The van der Waals surface area contributed by atoms with Gasteiger partial charge in [0.15, 0.2) is 10.9 Å². The summed E-state index contributed by atoms with van der Waals surface area (Å²) in [5.41, 5.74) is 9.70. The summed E-state index contributed by atoms with van der Waals surface area (Å²) >= 11 is 6.48. The van der Waals surface area contributed by atoms with Gasteiger partial charge in [-0.05, 0) is 24.6 Å². The number of nitrogens with zero attached hydrogens (tertiary/aromatic N) is 2. The molecule has 8 heteroatoms. The lowest BCUT2D eigenvalue weighted by atomic mass is 10.1. The van der Waals surface area contributed by atoms with E-state index in [1.807, 2.05) is 29.2 Å². The molecule has 3 N–H and O–H groups in total. The molecule has 1 fully saturated rings. The largest absolute Gasteiger partial charge is 0.480 e. The number of thiophene rings is 1. The minimum atomic E-state index is -0.864. The SMILES string of the molecule is C[s+]1c2c(c3c1N1CNNC1C(C(=O)O)N(c1ccccc1Cl)C3)CC=C2. The molecule has 5 rings (SSSR count). The van der Waals surface area contributed by atoms with Crippen molar-refractivity contribution < 1.29 is 9.90 Å². The Labute approximate surface area is 165 Å². The van der Waals surface area contributed by atoms with E-state index < -0.39 is 12.0 Å². The normalized spacial score (nSPS) is 23.9. The molecular weight excluding hydrogens is 384 g/mol. The minimum absolute atomic E-state index is 0.0556. The van der Waals surface area contributed by atoms with Crippen molar-refractivity contribution in [1.29, 1.82) is 0 Å². The van der Waals surface area contributed by atoms with Gasteiger partial charge in [0.05, 0.1) is 29.5 Å². The Morgan fingerprint density at radius 3 is 2.89 bits per heavy atom. The molecule has 1 aromatic heterocycles. The highest BCUT2D eigenvalue weighted by molar-refractivity contribution is 7.34. The molecule has 3 aliphatic rings. The molecule has 1 aromatic carbocycles. The Morgan fingerprint density at radius 2 is 2.11 bits per heavy atom. The lowest BCUT2D eigenvalue weighted by Crippen LogP contribution is -2.57. The molecule has 0 spiro atoms. The second-order valence-corrected chi connectivity index (χ2v) is 9.25. The number of benzene rings is 1. The third kappa shape index (κ3) is 2.42. The van der Waals surface area contributed by atoms with Gasteiger partial charge in [-0.15, -0.1) is 0 Å². The van der Waals surface area contributed by atoms with Crippen LogP contribution in [0.3, 0.4) is 0 Å². The summed E-state index contributed by atoms with van der Waals surface area (Å²) in [7, 11) is -0.0556. The van der Waals surface area contributed by atoms with E-state index in [2.05, 4.69) is 34.2 Å². The van der Waals surface area contributed by atoms with Crippen LogP contribution in [0, 0.1) is 0 Å². The maximum Gasteiger partial charge on any atom is 0.330 e. The first kappa shape index (κ1) is 17.1. The van der Waals surface area contributed by atoms with E-state index in [0.717, 1.165) is 12.1 Å². The standard InChI is InChI=1S/C19H19ClN4O2S/c1-27-15-8-4-5-11(15)12-9-23(14-7-3-2-6-13(14)20)16(19(25)26)17-22-21-10-24(17)18(12)27/h2-4,6-8,16-17,21-22H,5,9-10H2,1H3/p+1. The third-order valence-corrected chi connectivity index (χ3v) is 8.03. The molecule has 2 aliphatic heterocycles. The van der Waals surface area contributed by atoms with Gasteiger partial charge in [0.2, 0.25) is 0 Å². The zero-order chi connectivity index (χ0) is 18.7. The number of aliphatic carboxylic acids is 1. The molecule has 0 bridgehead atoms. The number of hydrogen-bond donors (Lipinski definition) is 3. The summed E-state index contributed by atoms with van der Waals surface area (Å²) in [5, 5.41) is 12.0. The van der Waals surface area contributed by atoms with Crippen LogP contribution in [0.15, 0.2) is 30.3 Å². The highest BCUT2D eigenvalue weighted by Crippen LogP contribution is 2.50. The highest BCUT2D eigenvalue weighted by Gasteiger charge is 2.49. The lowest BCUT2D eigenvalue weighted by molar-refractivity contribution is -0.139. The first-order chi connectivity index (χ1) is 13.1. The molecule has 27 heavy (non-hydrogen) atoms. The van der Waals surface area contributed by atoms with Crippen LogP contribution >= 0.6 is 22.1 Å². The number of rotatable bonds is 2. The average molecular weight is 404 g/mol. The lowest BCUT2D eigenvalue weighted by Gasteiger charge is -2.34. The van der Waals surface area contributed by atoms with Crippen LogP contribution in [0.2, 0.25) is 5.02 Å². The minimum Gasteiger partial charge on any atom is -0.480 e. The third-order valence-electron chi connectivity index (χ3n) is 5.61. The number of carboxylic acid groups (broad SMARTS) is 1. The van der Waals surface area contributed by atoms with Crippen LogP contribution in [-0.2, 0) is 24.0 Å². The quantitative estimate of drug-likeness (QED) is 0.670. The van der Waals surface area contributed by atoms with Crippen molar-refractivity contribution in [3.63, 3.8) is 0 Å². The summed E-state index contributed by atoms with van der Waals surface area (Å²) in [5.74, 6) is -0.864. The fourth-order valence-corrected chi connectivity index (χ4v) is 6.88. The predicted molar refractivity (Wildman–Crippen MR) is 109 cm³/mol. The summed E-state index contributed by atoms with van der Waals surface area (Å²) in [6, 6.07) is 6.72. The number of para-hydroxylation sites is 1. The van der Waals surface area contributed by atoms with Gasteiger partial charge in [-0.3, -0.25) is 4.90 Å². The fourth-order valence-electron chi connectivity index (χ4n) is 4.46. The van der Waals surface area contributed by atoms with Crippen LogP contribution in [0.4, 0.5) is 10.7 Å². The zero-order valence-electron chi connectivity index (χ0n) is 14.8. The molecule has 2 aromatic rings. The fraction of sp³-hybridized carbons (Fsp3) is 0.316. The predicted octanol–water partition coefficient (Wildman–Crippen LogP) is 2.87. The molecule has 6 nitrogen and oxygen atoms in total. The van der Waals surface area contributed by atoms with E-state index in [1.54, 1.807) is 0 Å². The molecule has 3 unspecified atom stereocenters. The molecule has 0 amide bonds. The van der Waals surface area contributed by atoms with E-state index in [-0.39, 0.29) is 16.6 Å². The topological polar surface area (TPSA) is 67.8 Å². The molecule has 3 atom stereocenters. The number of fused-ring (bicyclic) bond motifs is 5. The second-order valence-electron chi connectivity index (χ2n) is 7.00. The Balaban J connectivity index is 1.73. The molecule has 0 radical (unpaired) electrons. The van der Waals surface area contributed by atoms with Crippen molar-refractivity contribution in [2.24, 2.45) is 6.26 Å². The maximum absolute atomic E-state index is 12.4. The first-order valence-electron chi connectivity index (χ1n) is 8.86. The number of anilines is 2. The number of nitrogens with one attached hydrogen (secondary N) is 2. The Hall–Kier alpha value is -2.06. The van der Waals surface area contributed by atoms with Crippen LogP contribution in [-0.4, -0.2) is 30.0 Å². The van der Waals surface area contributed by atoms with Gasteiger partial charge in [-0.1, -0.05) is 29.8 Å². The summed E-state index contributed by atoms with van der Waals surface area (Å²) in [6.07, 6.45) is 7.22. The van der Waals surface area contributed by atoms with E-state index >= 15 is 0 Å². The van der Waals surface area contributed by atoms with Gasteiger partial charge in [0.1, 0.15) is 12.4 Å². The summed E-state index contributed by atoms with van der Waals surface area (Å²) in [6.45, 7) is 1.13. The molecule has 1 aliphatic carbocycles. The molecular formula is C19H20ClN4O2S+. The van der Waals surface area contributed by atoms with Gasteiger partial charge < -0.3 is 10.0 Å². The van der Waals surface area contributed by atoms with Crippen LogP contribution < -0.4 is 20.7 Å². The number of hydrogen-bond acceptors (Lipinski definition) is 5. The van der Waals surface area contributed by atoms with Crippen molar-refractivity contribution >= 4 is 44.8 Å². The molecule has 140 valence electrons. The second kappa shape index (κ2) is 6.24. The Kier molecular flexibility index (Phi) is 3.94. The van der Waals surface area contributed by atoms with Crippen LogP contribution in [0.5, 0.6) is 0 Å². The van der Waals surface area contributed by atoms with Gasteiger partial charge in [0, 0.05) is 16.0 Å². The van der Waals surface area contributed by atoms with Crippen molar-refractivity contribution in [3.8, 4) is 0 Å². The average Bonchev–Trinajstić information content (AvgIpc) is 3.32. The number of halogens is 1. The van der Waals surface area contributed by atoms with E-state index in [0.29, 0.717) is 18.2 Å². The number of carbonyl (C=O) groups is 1. The summed E-state index contributed by atoms with van der Waals surface area (Å²) < 4.78 is 0. The van der Waals surface area contributed by atoms with Gasteiger partial charge in [-0.2, -0.15) is 0 Å². The van der Waals surface area contributed by atoms with E-state index in [4.69, 9.17) is 11.6 Å².